The number of phenols is 1. The molecule has 3 heteroatoms. The van der Waals surface area contributed by atoms with Gasteiger partial charge in [0.1, 0.15) is 5.75 Å². The first-order valence-electron chi connectivity index (χ1n) is 6.51. The fraction of sp³-hybridized carbons (Fsp3) is 0.118. The number of anilines is 2. The third-order valence-electron chi connectivity index (χ3n) is 2.72. The van der Waals surface area contributed by atoms with Crippen molar-refractivity contribution in [2.45, 2.75) is 13.8 Å². The summed E-state index contributed by atoms with van der Waals surface area (Å²) >= 11 is 0. The van der Waals surface area contributed by atoms with Crippen molar-refractivity contribution >= 4 is 22.8 Å². The van der Waals surface area contributed by atoms with Crippen LogP contribution in [0.4, 0.5) is 17.1 Å². The van der Waals surface area contributed by atoms with Gasteiger partial charge in [-0.1, -0.05) is 12.1 Å². The third kappa shape index (κ3) is 3.99. The van der Waals surface area contributed by atoms with Gasteiger partial charge in [0.25, 0.3) is 0 Å². The highest BCUT2D eigenvalue weighted by Gasteiger charge is 1.96. The summed E-state index contributed by atoms with van der Waals surface area (Å²) in [5.74, 6) is 0.248. The highest BCUT2D eigenvalue weighted by Crippen LogP contribution is 2.22. The molecule has 0 amide bonds. The number of nitrogens with one attached hydrogen (secondary N) is 1. The van der Waals surface area contributed by atoms with Crippen LogP contribution in [-0.4, -0.2) is 10.8 Å². The Bertz CT molecular complexity index is 628. The minimum Gasteiger partial charge on any atom is -0.508 e. The molecule has 0 heterocycles. The molecule has 0 saturated heterocycles. The van der Waals surface area contributed by atoms with Crippen molar-refractivity contribution in [3.63, 3.8) is 0 Å². The molecule has 0 atom stereocenters. The Morgan fingerprint density at radius 2 is 1.85 bits per heavy atom. The third-order valence-corrected chi connectivity index (χ3v) is 2.72. The predicted molar refractivity (Wildman–Crippen MR) is 85.4 cm³/mol. The normalized spacial score (nSPS) is 11.8. The van der Waals surface area contributed by atoms with Crippen molar-refractivity contribution in [1.82, 2.24) is 0 Å². The Balaban J connectivity index is 2.10. The van der Waals surface area contributed by atoms with E-state index in [1.165, 1.54) is 0 Å². The van der Waals surface area contributed by atoms with E-state index in [0.717, 1.165) is 22.8 Å². The van der Waals surface area contributed by atoms with E-state index >= 15 is 0 Å². The first-order valence-corrected chi connectivity index (χ1v) is 6.51. The minimum atomic E-state index is 0.248. The molecule has 2 N–H and O–H groups in total. The maximum atomic E-state index is 9.42. The number of hydrogen-bond acceptors (Lipinski definition) is 3. The topological polar surface area (TPSA) is 44.6 Å². The van der Waals surface area contributed by atoms with E-state index < -0.39 is 0 Å². The second-order valence-corrected chi connectivity index (χ2v) is 4.48. The van der Waals surface area contributed by atoms with Crippen molar-refractivity contribution < 1.29 is 5.11 Å². The zero-order valence-electron chi connectivity index (χ0n) is 11.7. The first-order chi connectivity index (χ1) is 9.67. The van der Waals surface area contributed by atoms with Gasteiger partial charge in [-0.05, 0) is 56.3 Å². The Labute approximate surface area is 119 Å². The van der Waals surface area contributed by atoms with E-state index in [1.54, 1.807) is 18.2 Å². The van der Waals surface area contributed by atoms with Crippen LogP contribution in [0.2, 0.25) is 0 Å². The molecule has 0 aliphatic heterocycles. The molecule has 0 aliphatic carbocycles. The van der Waals surface area contributed by atoms with Gasteiger partial charge in [0, 0.05) is 23.2 Å². The summed E-state index contributed by atoms with van der Waals surface area (Å²) in [5.41, 5.74) is 3.70. The molecule has 0 radical (unpaired) electrons. The number of phenolic OH excluding ortho intramolecular Hbond substituents is 1. The van der Waals surface area contributed by atoms with E-state index in [2.05, 4.69) is 10.3 Å². The van der Waals surface area contributed by atoms with Gasteiger partial charge in [-0.25, -0.2) is 0 Å². The highest BCUT2D eigenvalue weighted by atomic mass is 16.3. The average Bonchev–Trinajstić information content (AvgIpc) is 2.41. The number of allylic oxidation sites excluding steroid dienone is 2. The predicted octanol–water partition coefficient (Wildman–Crippen LogP) is 4.80. The number of hydrogen-bond donors (Lipinski definition) is 2. The lowest BCUT2D eigenvalue weighted by Crippen LogP contribution is -1.89. The van der Waals surface area contributed by atoms with E-state index in [-0.39, 0.29) is 5.75 Å². The molecule has 20 heavy (non-hydrogen) atoms. The highest BCUT2D eigenvalue weighted by molar-refractivity contribution is 5.94. The second-order valence-electron chi connectivity index (χ2n) is 4.48. The molecule has 0 saturated carbocycles. The molecule has 102 valence electrons. The van der Waals surface area contributed by atoms with E-state index in [4.69, 9.17) is 0 Å². The first kappa shape index (κ1) is 13.9. The maximum absolute atomic E-state index is 9.42. The van der Waals surface area contributed by atoms with Gasteiger partial charge >= 0.3 is 0 Å². The second kappa shape index (κ2) is 6.57. The van der Waals surface area contributed by atoms with Crippen LogP contribution in [0.15, 0.2) is 65.7 Å². The molecule has 0 fully saturated rings. The van der Waals surface area contributed by atoms with E-state index in [1.807, 2.05) is 56.3 Å². The molecule has 2 aromatic rings. The minimum absolute atomic E-state index is 0.248. The molecular weight excluding hydrogens is 248 g/mol. The van der Waals surface area contributed by atoms with Gasteiger partial charge < -0.3 is 10.4 Å². The molecule has 0 bridgehead atoms. The summed E-state index contributed by atoms with van der Waals surface area (Å²) in [5, 5.41) is 12.6. The Kier molecular flexibility index (Phi) is 4.56. The molecule has 2 aromatic carbocycles. The van der Waals surface area contributed by atoms with E-state index in [9.17, 15) is 5.11 Å². The van der Waals surface area contributed by atoms with Crippen molar-refractivity contribution in [2.75, 3.05) is 5.32 Å². The summed E-state index contributed by atoms with van der Waals surface area (Å²) in [6.07, 6.45) is 3.94. The number of aromatic hydroxyl groups is 1. The van der Waals surface area contributed by atoms with Gasteiger partial charge in [0.15, 0.2) is 0 Å². The lowest BCUT2D eigenvalue weighted by atomic mass is 10.2. The van der Waals surface area contributed by atoms with Crippen LogP contribution in [0.5, 0.6) is 5.75 Å². The van der Waals surface area contributed by atoms with Crippen LogP contribution in [0.25, 0.3) is 0 Å². The number of rotatable bonds is 4. The quantitative estimate of drug-likeness (QED) is 0.780. The molecule has 0 aromatic heterocycles. The number of benzene rings is 2. The van der Waals surface area contributed by atoms with Crippen LogP contribution in [0.1, 0.15) is 13.8 Å². The van der Waals surface area contributed by atoms with Crippen LogP contribution in [0, 0.1) is 0 Å². The van der Waals surface area contributed by atoms with Gasteiger partial charge in [-0.2, -0.15) is 0 Å². The summed E-state index contributed by atoms with van der Waals surface area (Å²) in [7, 11) is 0. The SMILES string of the molecule is C/C=C\C(C)=Nc1ccc(Nc2cccc(O)c2)cc1. The number of aliphatic imine (C=N–C) groups is 1. The monoisotopic (exact) mass is 266 g/mol. The van der Waals surface area contributed by atoms with Gasteiger partial charge in [-0.3, -0.25) is 4.99 Å². The summed E-state index contributed by atoms with van der Waals surface area (Å²) in [4.78, 5) is 4.47. The number of nitrogens with zero attached hydrogens (tertiary/aromatic N) is 1. The van der Waals surface area contributed by atoms with Crippen LogP contribution < -0.4 is 5.32 Å². The van der Waals surface area contributed by atoms with Gasteiger partial charge in [0.2, 0.25) is 0 Å². The Hall–Kier alpha value is -2.55. The Morgan fingerprint density at radius 3 is 2.50 bits per heavy atom. The van der Waals surface area contributed by atoms with Crippen molar-refractivity contribution in [2.24, 2.45) is 4.99 Å². The van der Waals surface area contributed by atoms with E-state index in [0.29, 0.717) is 0 Å². The molecule has 2 rings (SSSR count). The standard InChI is InChI=1S/C17H18N2O/c1-3-5-13(2)18-14-8-10-15(11-9-14)19-16-6-4-7-17(20)12-16/h3-12,19-20H,1-2H3/b5-3-,18-13?. The molecule has 0 unspecified atom stereocenters. The molecule has 0 aliphatic rings. The van der Waals surface area contributed by atoms with Gasteiger partial charge in [-0.15, -0.1) is 0 Å². The van der Waals surface area contributed by atoms with Gasteiger partial charge in [0.05, 0.1) is 5.69 Å². The fourth-order valence-corrected chi connectivity index (χ4v) is 1.85. The summed E-state index contributed by atoms with van der Waals surface area (Å²) in [6.45, 7) is 3.94. The smallest absolute Gasteiger partial charge is 0.117 e. The lowest BCUT2D eigenvalue weighted by molar-refractivity contribution is 0.475. The Morgan fingerprint density at radius 1 is 1.10 bits per heavy atom. The molecule has 0 spiro atoms. The lowest BCUT2D eigenvalue weighted by Gasteiger charge is -2.07. The largest absolute Gasteiger partial charge is 0.508 e. The fourth-order valence-electron chi connectivity index (χ4n) is 1.85. The van der Waals surface area contributed by atoms with Crippen molar-refractivity contribution in [3.8, 4) is 5.75 Å². The molecular formula is C17H18N2O. The maximum Gasteiger partial charge on any atom is 0.117 e. The van der Waals surface area contributed by atoms with Crippen LogP contribution in [0.3, 0.4) is 0 Å². The van der Waals surface area contributed by atoms with Crippen molar-refractivity contribution in [1.29, 1.82) is 0 Å². The van der Waals surface area contributed by atoms with Crippen LogP contribution in [-0.2, 0) is 0 Å². The van der Waals surface area contributed by atoms with Crippen LogP contribution >= 0.6 is 0 Å². The zero-order valence-corrected chi connectivity index (χ0v) is 11.7. The zero-order chi connectivity index (χ0) is 14.4. The molecule has 3 nitrogen and oxygen atoms in total. The average molecular weight is 266 g/mol. The summed E-state index contributed by atoms with van der Waals surface area (Å²) < 4.78 is 0. The van der Waals surface area contributed by atoms with Crippen molar-refractivity contribution in [3.05, 3.63) is 60.7 Å². The summed E-state index contributed by atoms with van der Waals surface area (Å²) in [6, 6.07) is 14.9.